The van der Waals surface area contributed by atoms with Gasteiger partial charge in [-0.25, -0.2) is 0 Å². The van der Waals surface area contributed by atoms with Crippen LogP contribution < -0.4 is 0 Å². The summed E-state index contributed by atoms with van der Waals surface area (Å²) in [6.07, 6.45) is 1.01. The van der Waals surface area contributed by atoms with Gasteiger partial charge in [0.15, 0.2) is 0 Å². The predicted molar refractivity (Wildman–Crippen MR) is 72.0 cm³/mol. The van der Waals surface area contributed by atoms with Gasteiger partial charge in [0.1, 0.15) is 5.75 Å². The maximum absolute atomic E-state index is 12.3. The molecule has 1 aromatic carbocycles. The molecule has 98 valence electrons. The van der Waals surface area contributed by atoms with Crippen LogP contribution in [0, 0.1) is 11.8 Å². The van der Waals surface area contributed by atoms with Gasteiger partial charge >= 0.3 is 0 Å². The number of hydrogen-bond acceptors (Lipinski definition) is 2. The highest BCUT2D eigenvalue weighted by Crippen LogP contribution is 2.27. The van der Waals surface area contributed by atoms with E-state index in [1.54, 1.807) is 11.0 Å². The van der Waals surface area contributed by atoms with Crippen LogP contribution in [0.2, 0.25) is 5.02 Å². The van der Waals surface area contributed by atoms with Gasteiger partial charge in [-0.1, -0.05) is 25.4 Å². The zero-order valence-corrected chi connectivity index (χ0v) is 11.4. The van der Waals surface area contributed by atoms with E-state index >= 15 is 0 Å². The minimum atomic E-state index is -0.131. The number of hydrogen-bond donors (Lipinski definition) is 1. The van der Waals surface area contributed by atoms with E-state index < -0.39 is 0 Å². The largest absolute Gasteiger partial charge is 0.507 e. The van der Waals surface area contributed by atoms with Gasteiger partial charge < -0.3 is 10.0 Å². The molecular weight excluding hydrogens is 250 g/mol. The Morgan fingerprint density at radius 2 is 2.11 bits per heavy atom. The van der Waals surface area contributed by atoms with Crippen molar-refractivity contribution in [3.8, 4) is 5.75 Å². The first-order valence-corrected chi connectivity index (χ1v) is 6.64. The topological polar surface area (TPSA) is 40.5 Å². The number of carbonyl (C=O) groups is 1. The zero-order chi connectivity index (χ0) is 13.3. The molecule has 4 heteroatoms. The van der Waals surface area contributed by atoms with Gasteiger partial charge in [-0.2, -0.15) is 0 Å². The van der Waals surface area contributed by atoms with Crippen molar-refractivity contribution in [1.82, 2.24) is 4.90 Å². The third-order valence-electron chi connectivity index (χ3n) is 3.81. The number of phenols is 1. The van der Waals surface area contributed by atoms with Gasteiger partial charge in [-0.15, -0.1) is 0 Å². The number of aromatic hydroxyl groups is 1. The van der Waals surface area contributed by atoms with Gasteiger partial charge in [-0.3, -0.25) is 4.79 Å². The molecule has 0 bridgehead atoms. The zero-order valence-electron chi connectivity index (χ0n) is 10.7. The second-order valence-electron chi connectivity index (χ2n) is 5.16. The van der Waals surface area contributed by atoms with Gasteiger partial charge in [0.25, 0.3) is 5.91 Å². The quantitative estimate of drug-likeness (QED) is 0.849. The second kappa shape index (κ2) is 5.19. The molecule has 0 saturated carbocycles. The predicted octanol–water partition coefficient (Wildman–Crippen LogP) is 3.16. The first-order chi connectivity index (χ1) is 8.49. The lowest BCUT2D eigenvalue weighted by Crippen LogP contribution is -2.42. The molecule has 1 amide bonds. The summed E-state index contributed by atoms with van der Waals surface area (Å²) in [5, 5.41) is 10.2. The summed E-state index contributed by atoms with van der Waals surface area (Å²) in [4.78, 5) is 14.1. The highest BCUT2D eigenvalue weighted by atomic mass is 35.5. The molecule has 2 atom stereocenters. The lowest BCUT2D eigenvalue weighted by Gasteiger charge is -2.35. The first-order valence-electron chi connectivity index (χ1n) is 6.27. The number of rotatable bonds is 1. The molecule has 0 aromatic heterocycles. The van der Waals surface area contributed by atoms with E-state index in [4.69, 9.17) is 11.6 Å². The molecule has 1 N–H and O–H groups in total. The highest BCUT2D eigenvalue weighted by molar-refractivity contribution is 6.31. The summed E-state index contributed by atoms with van der Waals surface area (Å²) >= 11 is 5.87. The molecule has 2 unspecified atom stereocenters. The van der Waals surface area contributed by atoms with E-state index in [0.29, 0.717) is 22.4 Å². The molecule has 1 saturated heterocycles. The molecule has 0 spiro atoms. The summed E-state index contributed by atoms with van der Waals surface area (Å²) in [5.74, 6) is 0.996. The smallest absolute Gasteiger partial charge is 0.257 e. The standard InChI is InChI=1S/C14H18ClNO2/c1-9-5-6-16(8-10(9)2)14(18)12-7-11(15)3-4-13(12)17/h3-4,7,9-10,17H,5-6,8H2,1-2H3. The Morgan fingerprint density at radius 3 is 2.78 bits per heavy atom. The van der Waals surface area contributed by atoms with Crippen molar-refractivity contribution >= 4 is 17.5 Å². The highest BCUT2D eigenvalue weighted by Gasteiger charge is 2.27. The van der Waals surface area contributed by atoms with Crippen LogP contribution in [0.25, 0.3) is 0 Å². The average Bonchev–Trinajstić information content (AvgIpc) is 2.35. The van der Waals surface area contributed by atoms with Gasteiger partial charge in [-0.05, 0) is 36.5 Å². The maximum atomic E-state index is 12.3. The van der Waals surface area contributed by atoms with Crippen LogP contribution in [-0.4, -0.2) is 29.0 Å². The van der Waals surface area contributed by atoms with E-state index in [1.165, 1.54) is 12.1 Å². The lowest BCUT2D eigenvalue weighted by molar-refractivity contribution is 0.0624. The molecule has 2 rings (SSSR count). The van der Waals surface area contributed by atoms with Crippen molar-refractivity contribution in [2.45, 2.75) is 20.3 Å². The Kier molecular flexibility index (Phi) is 3.81. The van der Waals surface area contributed by atoms with Gasteiger partial charge in [0.05, 0.1) is 5.56 Å². The molecule has 18 heavy (non-hydrogen) atoms. The summed E-state index contributed by atoms with van der Waals surface area (Å²) in [5.41, 5.74) is 0.296. The van der Waals surface area contributed by atoms with Crippen molar-refractivity contribution in [3.63, 3.8) is 0 Å². The van der Waals surface area contributed by atoms with Crippen molar-refractivity contribution < 1.29 is 9.90 Å². The van der Waals surface area contributed by atoms with Crippen LogP contribution >= 0.6 is 11.6 Å². The molecule has 1 aromatic rings. The number of amides is 1. The van der Waals surface area contributed by atoms with Crippen molar-refractivity contribution in [2.24, 2.45) is 11.8 Å². The Labute approximate surface area is 112 Å². The number of carbonyl (C=O) groups excluding carboxylic acids is 1. The first kappa shape index (κ1) is 13.2. The van der Waals surface area contributed by atoms with Crippen LogP contribution in [0.15, 0.2) is 18.2 Å². The SMILES string of the molecule is CC1CCN(C(=O)c2cc(Cl)ccc2O)CC1C. The molecule has 0 aliphatic carbocycles. The Hall–Kier alpha value is -1.22. The number of phenolic OH excluding ortho intramolecular Hbond substituents is 1. The molecule has 0 radical (unpaired) electrons. The average molecular weight is 268 g/mol. The molecule has 1 aliphatic rings. The van der Waals surface area contributed by atoms with Crippen molar-refractivity contribution in [2.75, 3.05) is 13.1 Å². The molecule has 1 fully saturated rings. The Balaban J connectivity index is 2.19. The lowest BCUT2D eigenvalue weighted by atomic mass is 9.88. The number of nitrogens with zero attached hydrogens (tertiary/aromatic N) is 1. The third-order valence-corrected chi connectivity index (χ3v) is 4.05. The minimum absolute atomic E-state index is 0.00400. The summed E-state index contributed by atoms with van der Waals surface area (Å²) in [6.45, 7) is 5.85. The number of benzene rings is 1. The molecule has 3 nitrogen and oxygen atoms in total. The number of piperidine rings is 1. The van der Waals surface area contributed by atoms with Crippen LogP contribution in [0.5, 0.6) is 5.75 Å². The van der Waals surface area contributed by atoms with Crippen LogP contribution in [0.4, 0.5) is 0 Å². The van der Waals surface area contributed by atoms with Crippen molar-refractivity contribution in [3.05, 3.63) is 28.8 Å². The second-order valence-corrected chi connectivity index (χ2v) is 5.59. The van der Waals surface area contributed by atoms with E-state index in [9.17, 15) is 9.90 Å². The normalized spacial score (nSPS) is 24.1. The molecule has 1 heterocycles. The van der Waals surface area contributed by atoms with E-state index in [2.05, 4.69) is 13.8 Å². The van der Waals surface area contributed by atoms with Crippen molar-refractivity contribution in [1.29, 1.82) is 0 Å². The molecular formula is C14H18ClNO2. The fourth-order valence-corrected chi connectivity index (χ4v) is 2.47. The van der Waals surface area contributed by atoms with Gasteiger partial charge in [0, 0.05) is 18.1 Å². The van der Waals surface area contributed by atoms with E-state index in [1.807, 2.05) is 0 Å². The minimum Gasteiger partial charge on any atom is -0.507 e. The van der Waals surface area contributed by atoms with Gasteiger partial charge in [0.2, 0.25) is 0 Å². The Bertz CT molecular complexity index is 461. The maximum Gasteiger partial charge on any atom is 0.257 e. The summed E-state index contributed by atoms with van der Waals surface area (Å²) in [7, 11) is 0. The monoisotopic (exact) mass is 267 g/mol. The fourth-order valence-electron chi connectivity index (χ4n) is 2.30. The summed E-state index contributed by atoms with van der Waals surface area (Å²) in [6, 6.07) is 4.57. The van der Waals surface area contributed by atoms with E-state index in [0.717, 1.165) is 19.5 Å². The fraction of sp³-hybridized carbons (Fsp3) is 0.500. The summed E-state index contributed by atoms with van der Waals surface area (Å²) < 4.78 is 0. The molecule has 1 aliphatic heterocycles. The van der Waals surface area contributed by atoms with Crippen LogP contribution in [0.1, 0.15) is 30.6 Å². The number of halogens is 1. The van der Waals surface area contributed by atoms with Crippen LogP contribution in [-0.2, 0) is 0 Å². The number of likely N-dealkylation sites (tertiary alicyclic amines) is 1. The van der Waals surface area contributed by atoms with Crippen LogP contribution in [0.3, 0.4) is 0 Å². The third kappa shape index (κ3) is 2.61. The van der Waals surface area contributed by atoms with E-state index in [-0.39, 0.29) is 11.7 Å². The Morgan fingerprint density at radius 1 is 1.39 bits per heavy atom.